The Balaban J connectivity index is 1.46. The monoisotopic (exact) mass is 384 g/mol. The Morgan fingerprint density at radius 3 is 2.54 bits per heavy atom. The molecular formula is C23H36N4O. The SMILES string of the molecule is CCNC(=NCC1CCC(c2ccccc2)CC1)NC1CCN(C(=O)CC)C1. The number of hydrogen-bond donors (Lipinski definition) is 2. The number of amides is 1. The molecule has 28 heavy (non-hydrogen) atoms. The van der Waals surface area contributed by atoms with Crippen molar-refractivity contribution >= 4 is 11.9 Å². The van der Waals surface area contributed by atoms with Gasteiger partial charge in [0.05, 0.1) is 0 Å². The van der Waals surface area contributed by atoms with Crippen LogP contribution in [0.25, 0.3) is 0 Å². The highest BCUT2D eigenvalue weighted by molar-refractivity contribution is 5.80. The van der Waals surface area contributed by atoms with Crippen molar-refractivity contribution < 1.29 is 4.79 Å². The summed E-state index contributed by atoms with van der Waals surface area (Å²) in [4.78, 5) is 18.7. The van der Waals surface area contributed by atoms with Crippen molar-refractivity contribution in [3.63, 3.8) is 0 Å². The quantitative estimate of drug-likeness (QED) is 0.583. The van der Waals surface area contributed by atoms with Crippen molar-refractivity contribution in [3.05, 3.63) is 35.9 Å². The first-order valence-electron chi connectivity index (χ1n) is 11.1. The molecule has 5 heteroatoms. The van der Waals surface area contributed by atoms with Gasteiger partial charge in [-0.25, -0.2) is 0 Å². The topological polar surface area (TPSA) is 56.7 Å². The van der Waals surface area contributed by atoms with E-state index < -0.39 is 0 Å². The second kappa shape index (κ2) is 10.5. The second-order valence-corrected chi connectivity index (χ2v) is 8.17. The van der Waals surface area contributed by atoms with Crippen molar-refractivity contribution in [1.82, 2.24) is 15.5 Å². The number of aliphatic imine (C=N–C) groups is 1. The first-order chi connectivity index (χ1) is 13.7. The summed E-state index contributed by atoms with van der Waals surface area (Å²) in [5, 5.41) is 6.92. The lowest BCUT2D eigenvalue weighted by Crippen LogP contribution is -2.45. The summed E-state index contributed by atoms with van der Waals surface area (Å²) in [5.74, 6) is 2.55. The minimum absolute atomic E-state index is 0.251. The maximum absolute atomic E-state index is 11.9. The second-order valence-electron chi connectivity index (χ2n) is 8.17. The van der Waals surface area contributed by atoms with Gasteiger partial charge in [-0.15, -0.1) is 0 Å². The van der Waals surface area contributed by atoms with Crippen LogP contribution in [0.4, 0.5) is 0 Å². The molecule has 0 aromatic heterocycles. The van der Waals surface area contributed by atoms with Gasteiger partial charge >= 0.3 is 0 Å². The number of carbonyl (C=O) groups excluding carboxylic acids is 1. The molecule has 1 aliphatic carbocycles. The lowest BCUT2D eigenvalue weighted by molar-refractivity contribution is -0.129. The fourth-order valence-corrected chi connectivity index (χ4v) is 4.47. The smallest absolute Gasteiger partial charge is 0.222 e. The molecular weight excluding hydrogens is 348 g/mol. The number of likely N-dealkylation sites (tertiary alicyclic amines) is 1. The van der Waals surface area contributed by atoms with Crippen LogP contribution in [0.1, 0.15) is 63.9 Å². The highest BCUT2D eigenvalue weighted by Gasteiger charge is 2.26. The standard InChI is InChI=1S/C23H36N4O/c1-3-22(28)27-15-14-21(17-27)26-23(24-4-2)25-16-18-10-12-20(13-11-18)19-8-6-5-7-9-19/h5-9,18,20-21H,3-4,10-17H2,1-2H3,(H2,24,25,26). The maximum atomic E-state index is 11.9. The summed E-state index contributed by atoms with van der Waals surface area (Å²) >= 11 is 0. The van der Waals surface area contributed by atoms with Crippen molar-refractivity contribution in [3.8, 4) is 0 Å². The molecule has 1 aromatic rings. The minimum atomic E-state index is 0.251. The number of carbonyl (C=O) groups is 1. The average Bonchev–Trinajstić information content (AvgIpc) is 3.21. The molecule has 2 N–H and O–H groups in total. The van der Waals surface area contributed by atoms with E-state index in [2.05, 4.69) is 47.9 Å². The minimum Gasteiger partial charge on any atom is -0.357 e. The summed E-state index contributed by atoms with van der Waals surface area (Å²) in [6.07, 6.45) is 6.63. The predicted octanol–water partition coefficient (Wildman–Crippen LogP) is 3.53. The third-order valence-corrected chi connectivity index (χ3v) is 6.15. The Labute approximate surface area is 170 Å². The van der Waals surface area contributed by atoms with Crippen molar-refractivity contribution in [2.24, 2.45) is 10.9 Å². The summed E-state index contributed by atoms with van der Waals surface area (Å²) in [6, 6.07) is 11.2. The van der Waals surface area contributed by atoms with Crippen LogP contribution in [0.5, 0.6) is 0 Å². The van der Waals surface area contributed by atoms with Crippen molar-refractivity contribution in [2.75, 3.05) is 26.2 Å². The third kappa shape index (κ3) is 5.73. The van der Waals surface area contributed by atoms with Crippen LogP contribution >= 0.6 is 0 Å². The lowest BCUT2D eigenvalue weighted by Gasteiger charge is -2.28. The molecule has 1 atom stereocenters. The highest BCUT2D eigenvalue weighted by atomic mass is 16.2. The Bertz CT molecular complexity index is 637. The molecule has 0 spiro atoms. The molecule has 1 saturated heterocycles. The number of nitrogens with zero attached hydrogens (tertiary/aromatic N) is 2. The van der Waals surface area contributed by atoms with Gasteiger partial charge in [-0.3, -0.25) is 9.79 Å². The largest absolute Gasteiger partial charge is 0.357 e. The Kier molecular flexibility index (Phi) is 7.75. The van der Waals surface area contributed by atoms with E-state index in [-0.39, 0.29) is 5.91 Å². The third-order valence-electron chi connectivity index (χ3n) is 6.15. The van der Waals surface area contributed by atoms with E-state index in [9.17, 15) is 4.79 Å². The molecule has 1 amide bonds. The predicted molar refractivity (Wildman–Crippen MR) is 116 cm³/mol. The number of rotatable bonds is 6. The first-order valence-corrected chi connectivity index (χ1v) is 11.1. The number of nitrogens with one attached hydrogen (secondary N) is 2. The molecule has 1 unspecified atom stereocenters. The molecule has 1 aromatic carbocycles. The summed E-state index contributed by atoms with van der Waals surface area (Å²) in [5.41, 5.74) is 1.49. The van der Waals surface area contributed by atoms with Gasteiger partial charge in [-0.1, -0.05) is 37.3 Å². The fraction of sp³-hybridized carbons (Fsp3) is 0.652. The molecule has 1 saturated carbocycles. The van der Waals surface area contributed by atoms with Crippen LogP contribution < -0.4 is 10.6 Å². The molecule has 0 radical (unpaired) electrons. The van der Waals surface area contributed by atoms with Crippen molar-refractivity contribution in [1.29, 1.82) is 0 Å². The van der Waals surface area contributed by atoms with Gasteiger partial charge in [0.15, 0.2) is 5.96 Å². The summed E-state index contributed by atoms with van der Waals surface area (Å²) in [6.45, 7) is 7.43. The zero-order chi connectivity index (χ0) is 19.8. The highest BCUT2D eigenvalue weighted by Crippen LogP contribution is 2.35. The molecule has 3 rings (SSSR count). The molecule has 1 heterocycles. The number of benzene rings is 1. The van der Waals surface area contributed by atoms with E-state index in [0.29, 0.717) is 24.3 Å². The van der Waals surface area contributed by atoms with E-state index in [1.54, 1.807) is 0 Å². The Morgan fingerprint density at radius 2 is 1.86 bits per heavy atom. The van der Waals surface area contributed by atoms with Gasteiger partial charge in [-0.05, 0) is 56.4 Å². The Morgan fingerprint density at radius 1 is 1.11 bits per heavy atom. The van der Waals surface area contributed by atoms with Gasteiger partial charge in [0, 0.05) is 38.6 Å². The summed E-state index contributed by atoms with van der Waals surface area (Å²) in [7, 11) is 0. The van der Waals surface area contributed by atoms with Crippen LogP contribution in [0.3, 0.4) is 0 Å². The molecule has 2 fully saturated rings. The van der Waals surface area contributed by atoms with E-state index >= 15 is 0 Å². The maximum Gasteiger partial charge on any atom is 0.222 e. The van der Waals surface area contributed by atoms with E-state index in [4.69, 9.17) is 4.99 Å². The Hall–Kier alpha value is -2.04. The van der Waals surface area contributed by atoms with Crippen molar-refractivity contribution in [2.45, 2.75) is 64.3 Å². The molecule has 5 nitrogen and oxygen atoms in total. The fourth-order valence-electron chi connectivity index (χ4n) is 4.47. The van der Waals surface area contributed by atoms with Gasteiger partial charge in [0.1, 0.15) is 0 Å². The van der Waals surface area contributed by atoms with Gasteiger partial charge < -0.3 is 15.5 Å². The normalized spacial score (nSPS) is 25.6. The van der Waals surface area contributed by atoms with Gasteiger partial charge in [-0.2, -0.15) is 0 Å². The van der Waals surface area contributed by atoms with Crippen LogP contribution in [0.15, 0.2) is 35.3 Å². The number of guanidine groups is 1. The van der Waals surface area contributed by atoms with Crippen LogP contribution in [-0.4, -0.2) is 49.0 Å². The van der Waals surface area contributed by atoms with E-state index in [0.717, 1.165) is 38.6 Å². The molecule has 0 bridgehead atoms. The molecule has 154 valence electrons. The molecule has 2 aliphatic rings. The van der Waals surface area contributed by atoms with Gasteiger partial charge in [0.2, 0.25) is 5.91 Å². The zero-order valence-corrected chi connectivity index (χ0v) is 17.5. The zero-order valence-electron chi connectivity index (χ0n) is 17.5. The van der Waals surface area contributed by atoms with Crippen LogP contribution in [0, 0.1) is 5.92 Å². The van der Waals surface area contributed by atoms with Crippen LogP contribution in [0.2, 0.25) is 0 Å². The molecule has 1 aliphatic heterocycles. The van der Waals surface area contributed by atoms with E-state index in [1.165, 1.54) is 31.2 Å². The van der Waals surface area contributed by atoms with E-state index in [1.807, 2.05) is 11.8 Å². The van der Waals surface area contributed by atoms with Gasteiger partial charge in [0.25, 0.3) is 0 Å². The summed E-state index contributed by atoms with van der Waals surface area (Å²) < 4.78 is 0. The number of hydrogen-bond acceptors (Lipinski definition) is 2. The van der Waals surface area contributed by atoms with Crippen LogP contribution in [-0.2, 0) is 4.79 Å². The average molecular weight is 385 g/mol. The lowest BCUT2D eigenvalue weighted by atomic mass is 9.79. The first kappa shape index (κ1) is 20.7.